The number of methoxy groups -OCH3 is 1. The van der Waals surface area contributed by atoms with Crippen LogP contribution in [0.15, 0.2) is 16.7 Å². The largest absolute Gasteiger partial charge is 0.383 e. The molecule has 0 aliphatic heterocycles. The first-order valence-corrected chi connectivity index (χ1v) is 4.97. The Morgan fingerprint density at radius 2 is 2.47 bits per heavy atom. The monoisotopic (exact) mass is 275 g/mol. The van der Waals surface area contributed by atoms with Crippen molar-refractivity contribution in [1.29, 1.82) is 0 Å². The molecule has 0 spiro atoms. The van der Waals surface area contributed by atoms with E-state index in [1.165, 1.54) is 12.3 Å². The average molecular weight is 276 g/mol. The van der Waals surface area contributed by atoms with E-state index in [4.69, 9.17) is 4.74 Å². The second-order valence-corrected chi connectivity index (χ2v) is 3.55. The van der Waals surface area contributed by atoms with Crippen LogP contribution < -0.4 is 5.32 Å². The fraction of sp³-hybridized carbons (Fsp3) is 0.375. The molecule has 0 aliphatic rings. The normalized spacial score (nSPS) is 10.0. The number of hydrogen-bond donors (Lipinski definition) is 1. The second kappa shape index (κ2) is 5.62. The number of ether oxygens (including phenoxy) is 1. The van der Waals surface area contributed by atoms with Crippen LogP contribution in [0.25, 0.3) is 0 Å². The van der Waals surface area contributed by atoms with Crippen LogP contribution in [0.5, 0.6) is 0 Å². The third-order valence-corrected chi connectivity index (χ3v) is 2.24. The summed E-state index contributed by atoms with van der Waals surface area (Å²) in [7, 11) is 1.60. The van der Waals surface area contributed by atoms with E-state index in [0.29, 0.717) is 23.4 Å². The highest BCUT2D eigenvalue weighted by Crippen LogP contribution is 2.23. The van der Waals surface area contributed by atoms with Gasteiger partial charge in [0.15, 0.2) is 0 Å². The van der Waals surface area contributed by atoms with Gasteiger partial charge < -0.3 is 10.1 Å². The van der Waals surface area contributed by atoms with Crippen molar-refractivity contribution in [3.63, 3.8) is 0 Å². The van der Waals surface area contributed by atoms with Crippen LogP contribution in [0.2, 0.25) is 0 Å². The van der Waals surface area contributed by atoms with E-state index >= 15 is 0 Å². The number of anilines is 1. The van der Waals surface area contributed by atoms with Crippen molar-refractivity contribution in [2.24, 2.45) is 0 Å². The average Bonchev–Trinajstić information content (AvgIpc) is 2.20. The van der Waals surface area contributed by atoms with E-state index in [1.807, 2.05) is 0 Å². The van der Waals surface area contributed by atoms with Crippen molar-refractivity contribution in [2.45, 2.75) is 0 Å². The molecule has 0 fully saturated rings. The summed E-state index contributed by atoms with van der Waals surface area (Å²) in [5.74, 6) is 0.567. The number of rotatable bonds is 5. The van der Waals surface area contributed by atoms with Crippen molar-refractivity contribution in [2.75, 3.05) is 25.6 Å². The zero-order chi connectivity index (χ0) is 11.3. The van der Waals surface area contributed by atoms with Crippen LogP contribution in [0.4, 0.5) is 11.5 Å². The maximum absolute atomic E-state index is 10.4. The lowest BCUT2D eigenvalue weighted by atomic mass is 10.4. The molecule has 0 saturated carbocycles. The van der Waals surface area contributed by atoms with Crippen LogP contribution >= 0.6 is 15.9 Å². The number of nitrogens with one attached hydrogen (secondary N) is 1. The van der Waals surface area contributed by atoms with Crippen molar-refractivity contribution >= 4 is 27.4 Å². The lowest BCUT2D eigenvalue weighted by Gasteiger charge is -2.05. The smallest absolute Gasteiger partial charge is 0.288 e. The molecule has 0 atom stereocenters. The molecule has 1 N–H and O–H groups in total. The highest BCUT2D eigenvalue weighted by atomic mass is 79.9. The van der Waals surface area contributed by atoms with Gasteiger partial charge in [-0.3, -0.25) is 10.1 Å². The first-order valence-electron chi connectivity index (χ1n) is 4.18. The minimum atomic E-state index is -0.489. The van der Waals surface area contributed by atoms with Gasteiger partial charge in [0, 0.05) is 19.7 Å². The Labute approximate surface area is 94.9 Å². The van der Waals surface area contributed by atoms with Gasteiger partial charge in [-0.15, -0.1) is 0 Å². The topological polar surface area (TPSA) is 77.3 Å². The Hall–Kier alpha value is -1.21. The van der Waals surface area contributed by atoms with Crippen LogP contribution in [0.1, 0.15) is 0 Å². The van der Waals surface area contributed by atoms with Gasteiger partial charge in [0.25, 0.3) is 5.69 Å². The maximum Gasteiger partial charge on any atom is 0.288 e. The standard InChI is InChI=1S/C8H10BrN3O3/c1-15-3-2-10-8-7(9)4-6(5-11-8)12(13)14/h4-5H,2-3H2,1H3,(H,10,11). The molecule has 1 aromatic rings. The van der Waals surface area contributed by atoms with Crippen LogP contribution in [-0.2, 0) is 4.74 Å². The molecular weight excluding hydrogens is 266 g/mol. The molecule has 1 heterocycles. The van der Waals surface area contributed by atoms with Gasteiger partial charge in [-0.25, -0.2) is 4.98 Å². The van der Waals surface area contributed by atoms with Gasteiger partial charge in [-0.05, 0) is 15.9 Å². The Kier molecular flexibility index (Phi) is 4.44. The highest BCUT2D eigenvalue weighted by Gasteiger charge is 2.09. The van der Waals surface area contributed by atoms with Crippen molar-refractivity contribution in [3.05, 3.63) is 26.9 Å². The van der Waals surface area contributed by atoms with Crippen molar-refractivity contribution < 1.29 is 9.66 Å². The first-order chi connectivity index (χ1) is 7.15. The number of halogens is 1. The molecule has 1 aromatic heterocycles. The van der Waals surface area contributed by atoms with Gasteiger partial charge in [0.2, 0.25) is 0 Å². The van der Waals surface area contributed by atoms with E-state index in [2.05, 4.69) is 26.2 Å². The summed E-state index contributed by atoms with van der Waals surface area (Å²) in [6, 6.07) is 1.40. The van der Waals surface area contributed by atoms with E-state index in [9.17, 15) is 10.1 Å². The summed E-state index contributed by atoms with van der Waals surface area (Å²) in [6.45, 7) is 1.14. The number of pyridine rings is 1. The molecule has 0 aromatic carbocycles. The quantitative estimate of drug-likeness (QED) is 0.504. The fourth-order valence-electron chi connectivity index (χ4n) is 0.929. The minimum absolute atomic E-state index is 0.0424. The fourth-order valence-corrected chi connectivity index (χ4v) is 1.41. The zero-order valence-corrected chi connectivity index (χ0v) is 9.65. The Morgan fingerprint density at radius 3 is 3.00 bits per heavy atom. The molecule has 0 amide bonds. The number of nitro groups is 1. The predicted molar refractivity (Wildman–Crippen MR) is 59.0 cm³/mol. The maximum atomic E-state index is 10.4. The lowest BCUT2D eigenvalue weighted by molar-refractivity contribution is -0.385. The molecule has 1 rings (SSSR count). The number of aromatic nitrogens is 1. The molecule has 0 aliphatic carbocycles. The summed E-state index contributed by atoms with van der Waals surface area (Å²) in [4.78, 5) is 13.9. The molecule has 0 bridgehead atoms. The molecule has 6 nitrogen and oxygen atoms in total. The summed E-state index contributed by atoms with van der Waals surface area (Å²) in [5, 5.41) is 13.4. The minimum Gasteiger partial charge on any atom is -0.383 e. The second-order valence-electron chi connectivity index (χ2n) is 2.70. The molecule has 0 saturated heterocycles. The van der Waals surface area contributed by atoms with E-state index in [-0.39, 0.29) is 5.69 Å². The third kappa shape index (κ3) is 3.45. The summed E-state index contributed by atoms with van der Waals surface area (Å²) >= 11 is 3.20. The van der Waals surface area contributed by atoms with Gasteiger partial charge in [0.1, 0.15) is 12.0 Å². The predicted octanol–water partition coefficient (Wildman–Crippen LogP) is 1.81. The van der Waals surface area contributed by atoms with Crippen molar-refractivity contribution in [1.82, 2.24) is 4.98 Å². The van der Waals surface area contributed by atoms with Gasteiger partial charge in [-0.1, -0.05) is 0 Å². The Bertz CT molecular complexity index is 359. The SMILES string of the molecule is COCCNc1ncc([N+](=O)[O-])cc1Br. The third-order valence-electron chi connectivity index (χ3n) is 1.64. The number of hydrogen-bond acceptors (Lipinski definition) is 5. The van der Waals surface area contributed by atoms with Crippen LogP contribution in [0, 0.1) is 10.1 Å². The number of nitrogens with zero attached hydrogens (tertiary/aromatic N) is 2. The first kappa shape index (κ1) is 11.9. The van der Waals surface area contributed by atoms with Crippen molar-refractivity contribution in [3.8, 4) is 0 Å². The van der Waals surface area contributed by atoms with Gasteiger partial charge in [0.05, 0.1) is 16.0 Å². The van der Waals surface area contributed by atoms with Gasteiger partial charge in [-0.2, -0.15) is 0 Å². The van der Waals surface area contributed by atoms with E-state index in [1.54, 1.807) is 7.11 Å². The van der Waals surface area contributed by atoms with Gasteiger partial charge >= 0.3 is 0 Å². The molecule has 7 heteroatoms. The molecule has 15 heavy (non-hydrogen) atoms. The summed E-state index contributed by atoms with van der Waals surface area (Å²) in [5.41, 5.74) is -0.0424. The van der Waals surface area contributed by atoms with Crippen LogP contribution in [0.3, 0.4) is 0 Å². The van der Waals surface area contributed by atoms with E-state index in [0.717, 1.165) is 0 Å². The Balaban J connectivity index is 2.70. The molecule has 0 radical (unpaired) electrons. The van der Waals surface area contributed by atoms with Crippen LogP contribution in [-0.4, -0.2) is 30.2 Å². The van der Waals surface area contributed by atoms with E-state index < -0.39 is 4.92 Å². The lowest BCUT2D eigenvalue weighted by Crippen LogP contribution is -2.09. The zero-order valence-electron chi connectivity index (χ0n) is 8.07. The summed E-state index contributed by atoms with van der Waals surface area (Å²) < 4.78 is 5.41. The summed E-state index contributed by atoms with van der Waals surface area (Å²) in [6.07, 6.45) is 1.21. The highest BCUT2D eigenvalue weighted by molar-refractivity contribution is 9.10. The molecule has 0 unspecified atom stereocenters. The molecule has 82 valence electrons. The Morgan fingerprint density at radius 1 is 1.73 bits per heavy atom. The molecular formula is C8H10BrN3O3.